The highest BCUT2D eigenvalue weighted by Gasteiger charge is 2.41. The van der Waals surface area contributed by atoms with Crippen molar-refractivity contribution in [1.82, 2.24) is 15.1 Å². The predicted molar refractivity (Wildman–Crippen MR) is 103 cm³/mol. The lowest BCUT2D eigenvalue weighted by molar-refractivity contribution is -0.143. The van der Waals surface area contributed by atoms with E-state index in [1.165, 1.54) is 0 Å². The van der Waals surface area contributed by atoms with Gasteiger partial charge in [-0.2, -0.15) is 0 Å². The third-order valence-corrected chi connectivity index (χ3v) is 5.45. The van der Waals surface area contributed by atoms with Crippen LogP contribution in [-0.4, -0.2) is 65.5 Å². The number of nitrogens with zero attached hydrogens (tertiary/aromatic N) is 2. The van der Waals surface area contributed by atoms with Crippen LogP contribution in [0.4, 0.5) is 4.79 Å². The number of ether oxygens (including phenoxy) is 1. The standard InChI is InChI=1S/C20H35N3O4/c1-14(24)22-10-7-8-15(12-22)17(25)23-11-9-16(20(5,6)13-23)21-18(26)27-19(2,3)4/h15-16H,7-13H2,1-6H3,(H,21,26)/t15-,16-/m0/s1. The van der Waals surface area contributed by atoms with E-state index in [-0.39, 0.29) is 29.2 Å². The predicted octanol–water partition coefficient (Wildman–Crippen LogP) is 2.40. The molecule has 2 heterocycles. The Hall–Kier alpha value is -1.79. The average molecular weight is 382 g/mol. The number of alkyl carbamates (subject to hydrolysis) is 1. The zero-order valence-corrected chi connectivity index (χ0v) is 17.6. The normalized spacial score (nSPS) is 25.7. The first-order valence-electron chi connectivity index (χ1n) is 9.93. The molecule has 7 heteroatoms. The molecule has 7 nitrogen and oxygen atoms in total. The topological polar surface area (TPSA) is 79.0 Å². The van der Waals surface area contributed by atoms with Gasteiger partial charge in [0.25, 0.3) is 0 Å². The molecule has 3 amide bonds. The van der Waals surface area contributed by atoms with Crippen molar-refractivity contribution in [2.45, 2.75) is 72.4 Å². The summed E-state index contributed by atoms with van der Waals surface area (Å²) in [4.78, 5) is 40.4. The fourth-order valence-corrected chi connectivity index (χ4v) is 3.99. The van der Waals surface area contributed by atoms with Crippen LogP contribution in [0.2, 0.25) is 0 Å². The number of likely N-dealkylation sites (tertiary alicyclic amines) is 2. The highest BCUT2D eigenvalue weighted by Crippen LogP contribution is 2.31. The van der Waals surface area contributed by atoms with Gasteiger partial charge >= 0.3 is 6.09 Å². The number of amides is 3. The largest absolute Gasteiger partial charge is 0.444 e. The monoisotopic (exact) mass is 381 g/mol. The van der Waals surface area contributed by atoms with Crippen molar-refractivity contribution >= 4 is 17.9 Å². The van der Waals surface area contributed by atoms with Crippen LogP contribution in [0.5, 0.6) is 0 Å². The Morgan fingerprint density at radius 2 is 1.74 bits per heavy atom. The first-order chi connectivity index (χ1) is 12.4. The molecule has 0 radical (unpaired) electrons. The van der Waals surface area contributed by atoms with Gasteiger partial charge in [0.1, 0.15) is 5.60 Å². The Morgan fingerprint density at radius 3 is 2.30 bits per heavy atom. The minimum absolute atomic E-state index is 0.0353. The number of piperidine rings is 2. The fourth-order valence-electron chi connectivity index (χ4n) is 3.99. The average Bonchev–Trinajstić information content (AvgIpc) is 2.54. The van der Waals surface area contributed by atoms with Crippen LogP contribution in [0.1, 0.15) is 60.8 Å². The molecule has 0 aromatic rings. The van der Waals surface area contributed by atoms with Gasteiger partial charge in [-0.25, -0.2) is 4.79 Å². The highest BCUT2D eigenvalue weighted by molar-refractivity contribution is 5.81. The molecular formula is C20H35N3O4. The number of carbonyl (C=O) groups excluding carboxylic acids is 3. The smallest absolute Gasteiger partial charge is 0.407 e. The molecule has 1 N–H and O–H groups in total. The van der Waals surface area contributed by atoms with Crippen molar-refractivity contribution < 1.29 is 19.1 Å². The molecule has 2 saturated heterocycles. The van der Waals surface area contributed by atoms with Crippen molar-refractivity contribution in [2.75, 3.05) is 26.2 Å². The van der Waals surface area contributed by atoms with E-state index in [1.807, 2.05) is 25.7 Å². The number of hydrogen-bond acceptors (Lipinski definition) is 4. The van der Waals surface area contributed by atoms with E-state index in [2.05, 4.69) is 19.2 Å². The molecule has 0 spiro atoms. The molecule has 0 aromatic carbocycles. The van der Waals surface area contributed by atoms with Gasteiger partial charge in [-0.15, -0.1) is 0 Å². The summed E-state index contributed by atoms with van der Waals surface area (Å²) in [6.07, 6.45) is 1.99. The van der Waals surface area contributed by atoms with Crippen LogP contribution in [0, 0.1) is 11.3 Å². The van der Waals surface area contributed by atoms with Crippen LogP contribution in [0.15, 0.2) is 0 Å². The van der Waals surface area contributed by atoms with Gasteiger partial charge < -0.3 is 19.9 Å². The van der Waals surface area contributed by atoms with Crippen molar-refractivity contribution in [1.29, 1.82) is 0 Å². The third-order valence-electron chi connectivity index (χ3n) is 5.45. The number of rotatable bonds is 2. The Bertz CT molecular complexity index is 582. The molecule has 154 valence electrons. The number of nitrogens with one attached hydrogen (secondary N) is 1. The Labute approximate surface area is 162 Å². The van der Waals surface area contributed by atoms with E-state index >= 15 is 0 Å². The van der Waals surface area contributed by atoms with E-state index in [1.54, 1.807) is 11.8 Å². The van der Waals surface area contributed by atoms with E-state index in [4.69, 9.17) is 4.74 Å². The molecule has 2 atom stereocenters. The van der Waals surface area contributed by atoms with E-state index in [9.17, 15) is 14.4 Å². The summed E-state index contributed by atoms with van der Waals surface area (Å²) in [5.74, 6) is 0.0478. The minimum Gasteiger partial charge on any atom is -0.444 e. The third kappa shape index (κ3) is 5.84. The zero-order valence-electron chi connectivity index (χ0n) is 17.6. The molecule has 2 aliphatic rings. The summed E-state index contributed by atoms with van der Waals surface area (Å²) >= 11 is 0. The van der Waals surface area contributed by atoms with Crippen LogP contribution < -0.4 is 5.32 Å². The lowest BCUT2D eigenvalue weighted by Crippen LogP contribution is -2.58. The highest BCUT2D eigenvalue weighted by atomic mass is 16.6. The summed E-state index contributed by atoms with van der Waals surface area (Å²) in [6.45, 7) is 13.7. The molecule has 0 aromatic heterocycles. The van der Waals surface area contributed by atoms with Crippen LogP contribution in [0.3, 0.4) is 0 Å². The molecule has 0 bridgehead atoms. The van der Waals surface area contributed by atoms with Gasteiger partial charge in [0.15, 0.2) is 0 Å². The first kappa shape index (κ1) is 21.5. The maximum atomic E-state index is 13.0. The lowest BCUT2D eigenvalue weighted by atomic mass is 9.78. The van der Waals surface area contributed by atoms with Gasteiger partial charge in [0, 0.05) is 44.6 Å². The summed E-state index contributed by atoms with van der Waals surface area (Å²) in [6, 6.07) is -0.0449. The molecular weight excluding hydrogens is 346 g/mol. The molecule has 0 unspecified atom stereocenters. The Balaban J connectivity index is 1.95. The van der Waals surface area contributed by atoms with E-state index in [0.717, 1.165) is 19.4 Å². The fraction of sp³-hybridized carbons (Fsp3) is 0.850. The summed E-state index contributed by atoms with van der Waals surface area (Å²) in [5, 5.41) is 2.97. The van der Waals surface area contributed by atoms with Gasteiger partial charge in [-0.3, -0.25) is 9.59 Å². The van der Waals surface area contributed by atoms with Gasteiger partial charge in [0.05, 0.1) is 5.92 Å². The van der Waals surface area contributed by atoms with E-state index in [0.29, 0.717) is 26.1 Å². The molecule has 2 fully saturated rings. The summed E-state index contributed by atoms with van der Waals surface area (Å²) in [7, 11) is 0. The maximum Gasteiger partial charge on any atom is 0.407 e. The second-order valence-corrected chi connectivity index (χ2v) is 9.54. The quantitative estimate of drug-likeness (QED) is 0.797. The van der Waals surface area contributed by atoms with Crippen molar-refractivity contribution in [3.05, 3.63) is 0 Å². The maximum absolute atomic E-state index is 13.0. The Morgan fingerprint density at radius 1 is 1.07 bits per heavy atom. The van der Waals surface area contributed by atoms with Gasteiger partial charge in [-0.05, 0) is 40.0 Å². The number of carbonyl (C=O) groups is 3. The second-order valence-electron chi connectivity index (χ2n) is 9.54. The first-order valence-corrected chi connectivity index (χ1v) is 9.93. The SMILES string of the molecule is CC(=O)N1CCC[C@H](C(=O)N2CC[C@H](NC(=O)OC(C)(C)C)C(C)(C)C2)C1. The minimum atomic E-state index is -0.533. The van der Waals surface area contributed by atoms with E-state index < -0.39 is 11.7 Å². The molecule has 0 aliphatic carbocycles. The summed E-state index contributed by atoms with van der Waals surface area (Å²) < 4.78 is 5.37. The van der Waals surface area contributed by atoms with Crippen molar-refractivity contribution in [2.24, 2.45) is 11.3 Å². The second kappa shape index (κ2) is 8.07. The van der Waals surface area contributed by atoms with Crippen LogP contribution in [0.25, 0.3) is 0 Å². The zero-order chi connectivity index (χ0) is 20.4. The number of hydrogen-bond donors (Lipinski definition) is 1. The Kier molecular flexibility index (Phi) is 6.43. The van der Waals surface area contributed by atoms with Gasteiger partial charge in [0.2, 0.25) is 11.8 Å². The van der Waals surface area contributed by atoms with Crippen molar-refractivity contribution in [3.8, 4) is 0 Å². The molecule has 2 rings (SSSR count). The molecule has 2 aliphatic heterocycles. The summed E-state index contributed by atoms with van der Waals surface area (Å²) in [5.41, 5.74) is -0.784. The molecule has 27 heavy (non-hydrogen) atoms. The lowest BCUT2D eigenvalue weighted by Gasteiger charge is -2.46. The van der Waals surface area contributed by atoms with Crippen LogP contribution >= 0.6 is 0 Å². The van der Waals surface area contributed by atoms with Crippen molar-refractivity contribution in [3.63, 3.8) is 0 Å². The van der Waals surface area contributed by atoms with Crippen LogP contribution in [-0.2, 0) is 14.3 Å². The van der Waals surface area contributed by atoms with Gasteiger partial charge in [-0.1, -0.05) is 13.8 Å². The molecule has 0 saturated carbocycles.